The molecular weight excluding hydrogens is 382 g/mol. The highest BCUT2D eigenvalue weighted by molar-refractivity contribution is 5.93. The Morgan fingerprint density at radius 1 is 1.07 bits per heavy atom. The van der Waals surface area contributed by atoms with Crippen LogP contribution in [0.1, 0.15) is 33.3 Å². The summed E-state index contributed by atoms with van der Waals surface area (Å²) in [5.74, 6) is -0.649. The largest absolute Gasteiger partial charge is 0.479 e. The molecule has 0 spiro atoms. The van der Waals surface area contributed by atoms with Crippen molar-refractivity contribution < 1.29 is 19.1 Å². The molecule has 0 fully saturated rings. The minimum Gasteiger partial charge on any atom is -0.479 e. The SMILES string of the molecule is CCN(c1ccc(NC(=O)COC(=O)C(C)Oc2ccc(C#N)cc2)cc1)C(C)C. The van der Waals surface area contributed by atoms with E-state index in [1.165, 1.54) is 6.92 Å². The number of amides is 1. The average Bonchev–Trinajstić information content (AvgIpc) is 2.74. The minimum absolute atomic E-state index is 0.378. The molecule has 1 unspecified atom stereocenters. The third-order valence-electron chi connectivity index (χ3n) is 4.42. The molecule has 0 bridgehead atoms. The summed E-state index contributed by atoms with van der Waals surface area (Å²) in [6.07, 6.45) is -0.888. The van der Waals surface area contributed by atoms with Gasteiger partial charge in [0.1, 0.15) is 5.75 Å². The highest BCUT2D eigenvalue weighted by Crippen LogP contribution is 2.20. The van der Waals surface area contributed by atoms with E-state index in [0.717, 1.165) is 12.2 Å². The predicted octanol–water partition coefficient (Wildman–Crippen LogP) is 3.74. The van der Waals surface area contributed by atoms with Gasteiger partial charge in [-0.05, 0) is 76.2 Å². The number of rotatable bonds is 9. The van der Waals surface area contributed by atoms with Gasteiger partial charge >= 0.3 is 5.97 Å². The zero-order valence-corrected chi connectivity index (χ0v) is 17.7. The maximum absolute atomic E-state index is 12.1. The monoisotopic (exact) mass is 409 g/mol. The molecule has 30 heavy (non-hydrogen) atoms. The first-order chi connectivity index (χ1) is 14.3. The molecule has 0 saturated carbocycles. The molecule has 158 valence electrons. The Morgan fingerprint density at radius 3 is 2.23 bits per heavy atom. The van der Waals surface area contributed by atoms with Crippen LogP contribution >= 0.6 is 0 Å². The van der Waals surface area contributed by atoms with Gasteiger partial charge in [0.05, 0.1) is 11.6 Å². The van der Waals surface area contributed by atoms with E-state index in [4.69, 9.17) is 14.7 Å². The summed E-state index contributed by atoms with van der Waals surface area (Å²) in [5, 5.41) is 11.5. The Hall–Kier alpha value is -3.53. The topological polar surface area (TPSA) is 91.7 Å². The van der Waals surface area contributed by atoms with Crippen LogP contribution in [0.2, 0.25) is 0 Å². The molecule has 0 aliphatic heterocycles. The maximum atomic E-state index is 12.1. The van der Waals surface area contributed by atoms with E-state index in [2.05, 4.69) is 31.0 Å². The quantitative estimate of drug-likeness (QED) is 0.635. The van der Waals surface area contributed by atoms with Crippen LogP contribution < -0.4 is 15.0 Å². The fourth-order valence-corrected chi connectivity index (χ4v) is 2.89. The van der Waals surface area contributed by atoms with Gasteiger partial charge in [-0.25, -0.2) is 4.79 Å². The Kier molecular flexibility index (Phi) is 8.24. The molecule has 7 heteroatoms. The fourth-order valence-electron chi connectivity index (χ4n) is 2.89. The number of benzene rings is 2. The minimum atomic E-state index is -0.888. The van der Waals surface area contributed by atoms with Crippen LogP contribution in [0.25, 0.3) is 0 Å². The van der Waals surface area contributed by atoms with Crippen LogP contribution in [0, 0.1) is 11.3 Å². The normalized spacial score (nSPS) is 11.3. The second kappa shape index (κ2) is 10.9. The number of nitrogens with one attached hydrogen (secondary N) is 1. The number of hydrogen-bond acceptors (Lipinski definition) is 6. The van der Waals surface area contributed by atoms with Gasteiger partial charge in [-0.15, -0.1) is 0 Å². The number of anilines is 2. The Morgan fingerprint density at radius 2 is 1.70 bits per heavy atom. The number of hydrogen-bond donors (Lipinski definition) is 1. The first-order valence-electron chi connectivity index (χ1n) is 9.84. The van der Waals surface area contributed by atoms with E-state index in [1.807, 2.05) is 30.3 Å². The summed E-state index contributed by atoms with van der Waals surface area (Å²) in [7, 11) is 0. The first-order valence-corrected chi connectivity index (χ1v) is 9.84. The van der Waals surface area contributed by atoms with Crippen molar-refractivity contribution in [3.05, 3.63) is 54.1 Å². The number of nitrogens with zero attached hydrogens (tertiary/aromatic N) is 2. The highest BCUT2D eigenvalue weighted by Gasteiger charge is 2.18. The Bertz CT molecular complexity index is 886. The van der Waals surface area contributed by atoms with Gasteiger partial charge in [-0.3, -0.25) is 4.79 Å². The fraction of sp³-hybridized carbons (Fsp3) is 0.348. The molecule has 0 aliphatic carbocycles. The summed E-state index contributed by atoms with van der Waals surface area (Å²) < 4.78 is 10.5. The van der Waals surface area contributed by atoms with E-state index in [9.17, 15) is 9.59 Å². The van der Waals surface area contributed by atoms with E-state index in [0.29, 0.717) is 23.0 Å². The molecule has 0 saturated heterocycles. The molecule has 7 nitrogen and oxygen atoms in total. The molecular formula is C23H27N3O4. The molecule has 2 rings (SSSR count). The molecule has 2 aromatic carbocycles. The highest BCUT2D eigenvalue weighted by atomic mass is 16.6. The number of esters is 1. The van der Waals surface area contributed by atoms with Crippen LogP contribution in [-0.2, 0) is 14.3 Å². The standard InChI is InChI=1S/C23H27N3O4/c1-5-26(16(2)3)20-10-8-19(9-11-20)25-22(27)15-29-23(28)17(4)30-21-12-6-18(14-24)7-13-21/h6-13,16-17H,5,15H2,1-4H3,(H,25,27). The molecule has 1 N–H and O–H groups in total. The van der Waals surface area contributed by atoms with Crippen LogP contribution in [0.3, 0.4) is 0 Å². The first kappa shape index (κ1) is 22.8. The van der Waals surface area contributed by atoms with E-state index >= 15 is 0 Å². The molecule has 0 radical (unpaired) electrons. The van der Waals surface area contributed by atoms with Crippen LogP contribution in [0.15, 0.2) is 48.5 Å². The molecule has 0 aliphatic rings. The second-order valence-corrected chi connectivity index (χ2v) is 6.98. The number of nitriles is 1. The smallest absolute Gasteiger partial charge is 0.347 e. The summed E-state index contributed by atoms with van der Waals surface area (Å²) >= 11 is 0. The van der Waals surface area contributed by atoms with Crippen LogP contribution in [0.5, 0.6) is 5.75 Å². The third kappa shape index (κ3) is 6.52. The van der Waals surface area contributed by atoms with E-state index in [1.54, 1.807) is 24.3 Å². The maximum Gasteiger partial charge on any atom is 0.347 e. The second-order valence-electron chi connectivity index (χ2n) is 6.98. The summed E-state index contributed by atoms with van der Waals surface area (Å²) in [6.45, 7) is 8.36. The summed E-state index contributed by atoms with van der Waals surface area (Å²) in [5.41, 5.74) is 2.20. The van der Waals surface area contributed by atoms with Crippen molar-refractivity contribution in [3.63, 3.8) is 0 Å². The number of carbonyl (C=O) groups is 2. The molecule has 0 heterocycles. The summed E-state index contributed by atoms with van der Waals surface area (Å²) in [6, 6.07) is 16.3. The van der Waals surface area contributed by atoms with Gasteiger partial charge < -0.3 is 19.7 Å². The van der Waals surface area contributed by atoms with Crippen LogP contribution in [0.4, 0.5) is 11.4 Å². The lowest BCUT2D eigenvalue weighted by molar-refractivity contribution is -0.153. The van der Waals surface area contributed by atoms with Crippen molar-refractivity contribution in [1.82, 2.24) is 0 Å². The van der Waals surface area contributed by atoms with Crippen molar-refractivity contribution >= 4 is 23.3 Å². The molecule has 0 aromatic heterocycles. The van der Waals surface area contributed by atoms with Crippen LogP contribution in [-0.4, -0.2) is 37.2 Å². The van der Waals surface area contributed by atoms with Gasteiger partial charge in [-0.1, -0.05) is 0 Å². The lowest BCUT2D eigenvalue weighted by atomic mass is 10.2. The third-order valence-corrected chi connectivity index (χ3v) is 4.42. The van der Waals surface area contributed by atoms with Crippen molar-refractivity contribution in [2.24, 2.45) is 0 Å². The average molecular weight is 409 g/mol. The summed E-state index contributed by atoms with van der Waals surface area (Å²) in [4.78, 5) is 26.4. The number of ether oxygens (including phenoxy) is 2. The zero-order chi connectivity index (χ0) is 22.1. The Labute approximate surface area is 177 Å². The van der Waals surface area contributed by atoms with Crippen molar-refractivity contribution in [2.45, 2.75) is 39.8 Å². The molecule has 1 amide bonds. The number of carbonyl (C=O) groups excluding carboxylic acids is 2. The Balaban J connectivity index is 1.81. The van der Waals surface area contributed by atoms with Gasteiger partial charge in [0.2, 0.25) is 0 Å². The zero-order valence-electron chi connectivity index (χ0n) is 17.7. The van der Waals surface area contributed by atoms with Gasteiger partial charge in [0.25, 0.3) is 5.91 Å². The van der Waals surface area contributed by atoms with Gasteiger partial charge in [0.15, 0.2) is 12.7 Å². The van der Waals surface area contributed by atoms with Crippen molar-refractivity contribution in [2.75, 3.05) is 23.4 Å². The molecule has 1 atom stereocenters. The molecule has 2 aromatic rings. The van der Waals surface area contributed by atoms with E-state index < -0.39 is 24.6 Å². The van der Waals surface area contributed by atoms with Gasteiger partial charge in [0, 0.05) is 24.0 Å². The lowest BCUT2D eigenvalue weighted by Crippen LogP contribution is -2.30. The van der Waals surface area contributed by atoms with E-state index in [-0.39, 0.29) is 0 Å². The van der Waals surface area contributed by atoms with Crippen molar-refractivity contribution in [1.29, 1.82) is 5.26 Å². The van der Waals surface area contributed by atoms with Gasteiger partial charge in [-0.2, -0.15) is 5.26 Å². The lowest BCUT2D eigenvalue weighted by Gasteiger charge is -2.27. The van der Waals surface area contributed by atoms with Crippen molar-refractivity contribution in [3.8, 4) is 11.8 Å². The predicted molar refractivity (Wildman–Crippen MR) is 115 cm³/mol.